The lowest BCUT2D eigenvalue weighted by molar-refractivity contribution is 0.0725. The van der Waals surface area contributed by atoms with Crippen LogP contribution in [0.4, 0.5) is 0 Å². The van der Waals surface area contributed by atoms with Crippen molar-refractivity contribution in [2.24, 2.45) is 5.92 Å². The number of aromatic amines is 1. The van der Waals surface area contributed by atoms with Crippen molar-refractivity contribution in [3.63, 3.8) is 0 Å². The molecule has 0 radical (unpaired) electrons. The van der Waals surface area contributed by atoms with Gasteiger partial charge in [-0.2, -0.15) is 0 Å². The van der Waals surface area contributed by atoms with Gasteiger partial charge in [-0.05, 0) is 69.2 Å². The molecule has 1 aromatic carbocycles. The third-order valence-electron chi connectivity index (χ3n) is 5.79. The minimum absolute atomic E-state index is 0.0964. The van der Waals surface area contributed by atoms with Crippen LogP contribution in [0.5, 0.6) is 5.75 Å². The maximum Gasteiger partial charge on any atom is 0.256 e. The quantitative estimate of drug-likeness (QED) is 0.824. The number of nitrogens with zero attached hydrogens (tertiary/aromatic N) is 1. The Labute approximate surface area is 169 Å². The normalized spacial score (nSPS) is 17.4. The standard InChI is InChI=1S/C22H25ClN2O3/c1-12-10-13(2)24-21(26)17(12)11-25-9-8-16-6-7-18(20(23)19(16)22(25)27)28-14(3)15-4-5-15/h6-7,10,14-15H,4-5,8-9,11H2,1-3H3,(H,24,26). The SMILES string of the molecule is Cc1cc(C)c(CN2CCc3ccc(OC(C)C4CC4)c(Cl)c3C2=O)c(=O)[nH]1. The number of carbonyl (C=O) groups excluding carboxylic acids is 1. The van der Waals surface area contributed by atoms with Crippen molar-refractivity contribution in [3.8, 4) is 5.75 Å². The molecular formula is C22H25ClN2O3. The number of hydrogen-bond acceptors (Lipinski definition) is 3. The second-order valence-electron chi connectivity index (χ2n) is 7.99. The monoisotopic (exact) mass is 400 g/mol. The van der Waals surface area contributed by atoms with Gasteiger partial charge < -0.3 is 14.6 Å². The molecular weight excluding hydrogens is 376 g/mol. The Hall–Kier alpha value is -2.27. The first kappa shape index (κ1) is 19.1. The number of fused-ring (bicyclic) bond motifs is 1. The molecule has 2 aliphatic rings. The Morgan fingerprint density at radius 2 is 2.04 bits per heavy atom. The van der Waals surface area contributed by atoms with Gasteiger partial charge in [0.15, 0.2) is 0 Å². The average Bonchev–Trinajstić information content (AvgIpc) is 3.47. The molecule has 1 unspecified atom stereocenters. The molecule has 4 rings (SSSR count). The highest BCUT2D eigenvalue weighted by Gasteiger charge is 2.32. The van der Waals surface area contributed by atoms with Crippen LogP contribution in [0.2, 0.25) is 5.02 Å². The van der Waals surface area contributed by atoms with Gasteiger partial charge in [-0.15, -0.1) is 0 Å². The molecule has 1 aromatic heterocycles. The molecule has 1 N–H and O–H groups in total. The van der Waals surface area contributed by atoms with Gasteiger partial charge in [-0.1, -0.05) is 17.7 Å². The van der Waals surface area contributed by atoms with Crippen molar-refractivity contribution in [2.75, 3.05) is 6.54 Å². The first-order valence-electron chi connectivity index (χ1n) is 9.82. The predicted molar refractivity (Wildman–Crippen MR) is 109 cm³/mol. The Morgan fingerprint density at radius 1 is 1.29 bits per heavy atom. The summed E-state index contributed by atoms with van der Waals surface area (Å²) in [6, 6.07) is 5.74. The van der Waals surface area contributed by atoms with Gasteiger partial charge in [-0.25, -0.2) is 0 Å². The van der Waals surface area contributed by atoms with Crippen molar-refractivity contribution >= 4 is 17.5 Å². The van der Waals surface area contributed by atoms with Gasteiger partial charge in [0, 0.05) is 17.8 Å². The molecule has 6 heteroatoms. The highest BCUT2D eigenvalue weighted by Crippen LogP contribution is 2.39. The molecule has 1 aliphatic heterocycles. The van der Waals surface area contributed by atoms with Gasteiger partial charge in [0.25, 0.3) is 11.5 Å². The van der Waals surface area contributed by atoms with Crippen LogP contribution in [-0.2, 0) is 13.0 Å². The lowest BCUT2D eigenvalue weighted by atomic mass is 9.97. The van der Waals surface area contributed by atoms with Gasteiger partial charge in [0.05, 0.1) is 23.2 Å². The number of carbonyl (C=O) groups is 1. The summed E-state index contributed by atoms with van der Waals surface area (Å²) < 4.78 is 6.03. The molecule has 2 aromatic rings. The van der Waals surface area contributed by atoms with Gasteiger partial charge in [-0.3, -0.25) is 9.59 Å². The number of rotatable bonds is 5. The van der Waals surface area contributed by atoms with Crippen LogP contribution in [-0.4, -0.2) is 28.4 Å². The topological polar surface area (TPSA) is 62.4 Å². The van der Waals surface area contributed by atoms with E-state index in [4.69, 9.17) is 16.3 Å². The van der Waals surface area contributed by atoms with E-state index >= 15 is 0 Å². The van der Waals surface area contributed by atoms with Gasteiger partial charge in [0.2, 0.25) is 0 Å². The number of aryl methyl sites for hydroxylation is 2. The second-order valence-corrected chi connectivity index (χ2v) is 8.37. The summed E-state index contributed by atoms with van der Waals surface area (Å²) in [5, 5.41) is 0.384. The molecule has 0 bridgehead atoms. The van der Waals surface area contributed by atoms with E-state index in [-0.39, 0.29) is 24.1 Å². The summed E-state index contributed by atoms with van der Waals surface area (Å²) >= 11 is 6.60. The van der Waals surface area contributed by atoms with Crippen LogP contribution < -0.4 is 10.3 Å². The average molecular weight is 401 g/mol. The fraction of sp³-hybridized carbons (Fsp3) is 0.455. The summed E-state index contributed by atoms with van der Waals surface area (Å²) in [6.07, 6.45) is 3.17. The third kappa shape index (κ3) is 3.55. The van der Waals surface area contributed by atoms with Crippen LogP contribution in [0.25, 0.3) is 0 Å². The van der Waals surface area contributed by atoms with Crippen LogP contribution in [0.3, 0.4) is 0 Å². The zero-order valence-electron chi connectivity index (χ0n) is 16.5. The summed E-state index contributed by atoms with van der Waals surface area (Å²) in [6.45, 7) is 6.64. The highest BCUT2D eigenvalue weighted by atomic mass is 35.5. The molecule has 2 heterocycles. The Kier molecular flexibility index (Phi) is 4.96. The molecule has 1 atom stereocenters. The molecule has 1 fully saturated rings. The summed E-state index contributed by atoms with van der Waals surface area (Å²) in [5.74, 6) is 1.00. The van der Waals surface area contributed by atoms with Crippen LogP contribution >= 0.6 is 11.6 Å². The van der Waals surface area contributed by atoms with E-state index in [9.17, 15) is 9.59 Å². The van der Waals surface area contributed by atoms with E-state index in [0.717, 1.165) is 16.8 Å². The molecule has 0 saturated heterocycles. The smallest absolute Gasteiger partial charge is 0.256 e. The maximum atomic E-state index is 13.2. The number of H-pyrrole nitrogens is 1. The molecule has 28 heavy (non-hydrogen) atoms. The molecule has 1 saturated carbocycles. The molecule has 148 valence electrons. The fourth-order valence-electron chi connectivity index (χ4n) is 3.92. The Bertz CT molecular complexity index is 994. The number of hydrogen-bond donors (Lipinski definition) is 1. The highest BCUT2D eigenvalue weighted by molar-refractivity contribution is 6.35. The van der Waals surface area contributed by atoms with Gasteiger partial charge in [0.1, 0.15) is 5.75 Å². The first-order chi connectivity index (χ1) is 13.3. The third-order valence-corrected chi connectivity index (χ3v) is 6.16. The maximum absolute atomic E-state index is 13.2. The van der Waals surface area contributed by atoms with Crippen molar-refractivity contribution in [2.45, 2.75) is 52.7 Å². The number of nitrogens with one attached hydrogen (secondary N) is 1. The predicted octanol–water partition coefficient (Wildman–Crippen LogP) is 4.02. The number of aromatic nitrogens is 1. The van der Waals surface area contributed by atoms with E-state index in [1.54, 1.807) is 4.90 Å². The molecule has 0 spiro atoms. The molecule has 5 nitrogen and oxygen atoms in total. The Morgan fingerprint density at radius 3 is 2.71 bits per heavy atom. The summed E-state index contributed by atoms with van der Waals surface area (Å²) in [5.41, 5.74) is 3.63. The van der Waals surface area contributed by atoms with Gasteiger partial charge >= 0.3 is 0 Å². The fourth-order valence-corrected chi connectivity index (χ4v) is 4.23. The van der Waals surface area contributed by atoms with Crippen molar-refractivity contribution in [1.29, 1.82) is 0 Å². The first-order valence-corrected chi connectivity index (χ1v) is 10.2. The number of halogens is 1. The largest absolute Gasteiger partial charge is 0.489 e. The Balaban J connectivity index is 1.61. The minimum Gasteiger partial charge on any atom is -0.489 e. The zero-order valence-corrected chi connectivity index (χ0v) is 17.2. The van der Waals surface area contributed by atoms with Crippen LogP contribution in [0.1, 0.15) is 52.5 Å². The van der Waals surface area contributed by atoms with E-state index < -0.39 is 0 Å². The zero-order chi connectivity index (χ0) is 20.0. The van der Waals surface area contributed by atoms with E-state index in [1.807, 2.05) is 39.0 Å². The van der Waals surface area contributed by atoms with Crippen molar-refractivity contribution < 1.29 is 9.53 Å². The second kappa shape index (κ2) is 7.28. The van der Waals surface area contributed by atoms with Crippen LogP contribution in [0.15, 0.2) is 23.0 Å². The van der Waals surface area contributed by atoms with E-state index in [2.05, 4.69) is 4.98 Å². The lowest BCUT2D eigenvalue weighted by Gasteiger charge is -2.30. The number of ether oxygens (including phenoxy) is 1. The lowest BCUT2D eigenvalue weighted by Crippen LogP contribution is -2.39. The molecule has 1 amide bonds. The number of amides is 1. The summed E-state index contributed by atoms with van der Waals surface area (Å²) in [7, 11) is 0. The van der Waals surface area contributed by atoms with Crippen LogP contribution in [0, 0.1) is 19.8 Å². The van der Waals surface area contributed by atoms with E-state index in [1.165, 1.54) is 12.8 Å². The minimum atomic E-state index is -0.143. The summed E-state index contributed by atoms with van der Waals surface area (Å²) in [4.78, 5) is 30.1. The van der Waals surface area contributed by atoms with Crippen molar-refractivity contribution in [1.82, 2.24) is 9.88 Å². The van der Waals surface area contributed by atoms with Crippen molar-refractivity contribution in [3.05, 3.63) is 61.5 Å². The van der Waals surface area contributed by atoms with E-state index in [0.29, 0.717) is 40.8 Å². The number of pyridine rings is 1. The molecule has 1 aliphatic carbocycles. The number of benzene rings is 1.